The zero-order valence-corrected chi connectivity index (χ0v) is 24.5. The Morgan fingerprint density at radius 2 is 1.74 bits per heavy atom. The maximum Gasteiger partial charge on any atom is 0.305 e. The van der Waals surface area contributed by atoms with E-state index in [2.05, 4.69) is 17.3 Å². The first kappa shape index (κ1) is 33.5. The number of thiazole rings is 1. The van der Waals surface area contributed by atoms with Crippen molar-refractivity contribution in [2.75, 3.05) is 6.61 Å². The van der Waals surface area contributed by atoms with Crippen molar-refractivity contribution in [2.45, 2.75) is 113 Å². The molecule has 202 valence electrons. The minimum Gasteiger partial charge on any atom is -0.466 e. The molecule has 35 heavy (non-hydrogen) atoms. The van der Waals surface area contributed by atoms with Gasteiger partial charge in [-0.1, -0.05) is 67.4 Å². The molecule has 0 radical (unpaired) electrons. The smallest absolute Gasteiger partial charge is 0.305 e. The second kappa shape index (κ2) is 17.8. The van der Waals surface area contributed by atoms with E-state index in [1.807, 2.05) is 67.5 Å². The Morgan fingerprint density at radius 3 is 2.31 bits per heavy atom. The van der Waals surface area contributed by atoms with E-state index in [1.54, 1.807) is 11.3 Å². The molecule has 2 rings (SSSR count). The Labute approximate surface area is 218 Å². The number of esters is 1. The monoisotopic (exact) mass is 509 g/mol. The van der Waals surface area contributed by atoms with E-state index in [0.29, 0.717) is 18.9 Å². The molecule has 1 saturated heterocycles. The van der Waals surface area contributed by atoms with Crippen molar-refractivity contribution in [3.05, 3.63) is 22.2 Å². The van der Waals surface area contributed by atoms with E-state index in [9.17, 15) is 14.7 Å². The number of aromatic nitrogens is 1. The first-order valence-corrected chi connectivity index (χ1v) is 14.3. The standard InChI is InChI=1S/C20H36O4.C7H9NS.C2H6/c1-14-8-6-10-15(2)18(22)16(3)19(23)20(4,5)12-11-17(21)24-13-7-9-14;1-3-4-7-5-9-6(2)8-7;1-2/h14-16,18,22H,6-13H2,1-5H3;3-5H,1-2H3;1-2H3/b;4-3-;/t14?,15-,16+,18-;;/m0../s1. The number of aryl methyl sites for hydroxylation is 1. The lowest BCUT2D eigenvalue weighted by molar-refractivity contribution is -0.145. The van der Waals surface area contributed by atoms with Crippen LogP contribution < -0.4 is 0 Å². The Balaban J connectivity index is 0.000000870. The average molecular weight is 510 g/mol. The molecule has 1 unspecified atom stereocenters. The van der Waals surface area contributed by atoms with Gasteiger partial charge in [0.2, 0.25) is 0 Å². The molecule has 0 aliphatic carbocycles. The van der Waals surface area contributed by atoms with Crippen LogP contribution in [-0.4, -0.2) is 34.6 Å². The van der Waals surface area contributed by atoms with Crippen LogP contribution in [0.4, 0.5) is 0 Å². The first-order valence-electron chi connectivity index (χ1n) is 13.4. The predicted molar refractivity (Wildman–Crippen MR) is 148 cm³/mol. The number of Topliss-reactive ketones (excluding diaryl/α,β-unsaturated/α-hetero) is 1. The highest BCUT2D eigenvalue weighted by Gasteiger charge is 2.36. The van der Waals surface area contributed by atoms with E-state index in [0.717, 1.165) is 42.8 Å². The topological polar surface area (TPSA) is 76.5 Å². The zero-order chi connectivity index (χ0) is 27.0. The van der Waals surface area contributed by atoms with Crippen molar-refractivity contribution in [2.24, 2.45) is 23.2 Å². The Bertz CT molecular complexity index is 756. The molecule has 1 aromatic heterocycles. The molecule has 0 amide bonds. The molecule has 1 N–H and O–H groups in total. The van der Waals surface area contributed by atoms with Gasteiger partial charge in [0.05, 0.1) is 23.4 Å². The van der Waals surface area contributed by atoms with Gasteiger partial charge in [0.15, 0.2) is 0 Å². The third kappa shape index (κ3) is 13.4. The van der Waals surface area contributed by atoms with Crippen LogP contribution in [0.25, 0.3) is 6.08 Å². The average Bonchev–Trinajstić information content (AvgIpc) is 3.25. The maximum atomic E-state index is 12.8. The number of ketones is 1. The molecule has 0 bridgehead atoms. The molecule has 1 aliphatic heterocycles. The Kier molecular flexibility index (Phi) is 17.0. The second-order valence-electron chi connectivity index (χ2n) is 10.2. The molecule has 5 nitrogen and oxygen atoms in total. The summed E-state index contributed by atoms with van der Waals surface area (Å²) in [7, 11) is 0. The number of carbonyl (C=O) groups is 2. The van der Waals surface area contributed by atoms with Crippen molar-refractivity contribution in [1.29, 1.82) is 0 Å². The third-order valence-electron chi connectivity index (χ3n) is 6.56. The summed E-state index contributed by atoms with van der Waals surface area (Å²) in [6, 6.07) is 0. The number of rotatable bonds is 1. The molecule has 4 atom stereocenters. The number of carbonyl (C=O) groups excluding carboxylic acids is 2. The fourth-order valence-corrected chi connectivity index (χ4v) is 4.80. The van der Waals surface area contributed by atoms with Crippen LogP contribution in [0.5, 0.6) is 0 Å². The van der Waals surface area contributed by atoms with Crippen molar-refractivity contribution < 1.29 is 19.4 Å². The minimum atomic E-state index is -0.620. The van der Waals surface area contributed by atoms with Gasteiger partial charge in [-0.05, 0) is 57.4 Å². The van der Waals surface area contributed by atoms with Crippen molar-refractivity contribution in [3.63, 3.8) is 0 Å². The number of ether oxygens (including phenoxy) is 1. The second-order valence-corrected chi connectivity index (χ2v) is 11.3. The third-order valence-corrected chi connectivity index (χ3v) is 7.36. The molecule has 0 aromatic carbocycles. The SMILES string of the molecule is C/C=C\c1csc(C)n1.CC.CC1CCCOC(=O)CCC(C)(C)C(=O)[C@H](C)[C@@H](O)[C@@H](C)CCC1. The summed E-state index contributed by atoms with van der Waals surface area (Å²) in [6.07, 6.45) is 9.17. The molecule has 1 aromatic rings. The van der Waals surface area contributed by atoms with E-state index in [4.69, 9.17) is 4.74 Å². The zero-order valence-electron chi connectivity index (χ0n) is 23.7. The van der Waals surface area contributed by atoms with Crippen LogP contribution in [0.15, 0.2) is 11.5 Å². The quantitative estimate of drug-likeness (QED) is 0.393. The first-order chi connectivity index (χ1) is 16.5. The van der Waals surface area contributed by atoms with Gasteiger partial charge in [0.1, 0.15) is 5.78 Å². The van der Waals surface area contributed by atoms with Crippen LogP contribution in [0.1, 0.15) is 111 Å². The normalized spacial score (nSPS) is 26.7. The molecule has 2 heterocycles. The number of allylic oxidation sites excluding steroid dienone is 1. The van der Waals surface area contributed by atoms with E-state index < -0.39 is 17.4 Å². The van der Waals surface area contributed by atoms with Crippen molar-refractivity contribution in [3.8, 4) is 0 Å². The van der Waals surface area contributed by atoms with Gasteiger partial charge < -0.3 is 9.84 Å². The fraction of sp³-hybridized carbons (Fsp3) is 0.759. The summed E-state index contributed by atoms with van der Waals surface area (Å²) in [5.41, 5.74) is 0.449. The maximum absolute atomic E-state index is 12.8. The molecular weight excluding hydrogens is 458 g/mol. The van der Waals surface area contributed by atoms with Crippen molar-refractivity contribution >= 4 is 29.2 Å². The summed E-state index contributed by atoms with van der Waals surface area (Å²) >= 11 is 1.68. The molecule has 0 spiro atoms. The molecule has 0 saturated carbocycles. The van der Waals surface area contributed by atoms with Gasteiger partial charge in [-0.3, -0.25) is 9.59 Å². The lowest BCUT2D eigenvalue weighted by Gasteiger charge is -2.31. The number of aliphatic hydroxyl groups excluding tert-OH is 1. The summed E-state index contributed by atoms with van der Waals surface area (Å²) in [4.78, 5) is 28.9. The van der Waals surface area contributed by atoms with E-state index in [-0.39, 0.29) is 24.1 Å². The van der Waals surface area contributed by atoms with Crippen LogP contribution >= 0.6 is 11.3 Å². The summed E-state index contributed by atoms with van der Waals surface area (Å²) in [5, 5.41) is 13.7. The minimum absolute atomic E-state index is 0.0371. The lowest BCUT2D eigenvalue weighted by Crippen LogP contribution is -2.39. The Morgan fingerprint density at radius 1 is 1.11 bits per heavy atom. The van der Waals surface area contributed by atoms with E-state index in [1.165, 1.54) is 0 Å². The van der Waals surface area contributed by atoms with E-state index >= 15 is 0 Å². The highest BCUT2D eigenvalue weighted by Crippen LogP contribution is 2.31. The van der Waals surface area contributed by atoms with Crippen LogP contribution in [-0.2, 0) is 14.3 Å². The van der Waals surface area contributed by atoms with Gasteiger partial charge >= 0.3 is 5.97 Å². The van der Waals surface area contributed by atoms with Crippen molar-refractivity contribution in [1.82, 2.24) is 4.98 Å². The fourth-order valence-electron chi connectivity index (χ4n) is 4.22. The number of nitrogens with zero attached hydrogens (tertiary/aromatic N) is 1. The van der Waals surface area contributed by atoms with Gasteiger partial charge in [-0.15, -0.1) is 11.3 Å². The summed E-state index contributed by atoms with van der Waals surface area (Å²) < 4.78 is 5.29. The van der Waals surface area contributed by atoms with Gasteiger partial charge in [-0.2, -0.15) is 0 Å². The number of hydrogen-bond acceptors (Lipinski definition) is 6. The largest absolute Gasteiger partial charge is 0.466 e. The molecular formula is C29H51NO4S. The number of aliphatic hydroxyl groups is 1. The molecule has 1 aliphatic rings. The van der Waals surface area contributed by atoms with Crippen LogP contribution in [0, 0.1) is 30.1 Å². The highest BCUT2D eigenvalue weighted by atomic mass is 32.1. The number of hydrogen-bond donors (Lipinski definition) is 1. The molecule has 6 heteroatoms. The predicted octanol–water partition coefficient (Wildman–Crippen LogP) is 7.65. The highest BCUT2D eigenvalue weighted by molar-refractivity contribution is 7.09. The summed E-state index contributed by atoms with van der Waals surface area (Å²) in [6.45, 7) is 18.3. The summed E-state index contributed by atoms with van der Waals surface area (Å²) in [5.74, 6) is 0.118. The lowest BCUT2D eigenvalue weighted by atomic mass is 9.74. The van der Waals surface area contributed by atoms with Crippen LogP contribution in [0.2, 0.25) is 0 Å². The van der Waals surface area contributed by atoms with Gasteiger partial charge in [0, 0.05) is 23.1 Å². The van der Waals surface area contributed by atoms with Crippen LogP contribution in [0.3, 0.4) is 0 Å². The van der Waals surface area contributed by atoms with Gasteiger partial charge in [-0.25, -0.2) is 4.98 Å². The van der Waals surface area contributed by atoms with Gasteiger partial charge in [0.25, 0.3) is 0 Å². The molecule has 1 fully saturated rings. The Hall–Kier alpha value is -1.53. The number of cyclic esters (lactones) is 1.